The van der Waals surface area contributed by atoms with Gasteiger partial charge in [0.25, 0.3) is 0 Å². The Kier molecular flexibility index (Phi) is 7.09. The largest absolute Gasteiger partial charge is 0.383 e. The molecule has 0 amide bonds. The van der Waals surface area contributed by atoms with E-state index in [4.69, 9.17) is 33.8 Å². The predicted molar refractivity (Wildman–Crippen MR) is 84.1 cm³/mol. The summed E-state index contributed by atoms with van der Waals surface area (Å²) in [7, 11) is 1.64. The molecule has 1 aromatic carbocycles. The van der Waals surface area contributed by atoms with E-state index in [-0.39, 0.29) is 12.1 Å². The van der Waals surface area contributed by atoms with Gasteiger partial charge in [0.1, 0.15) is 0 Å². The maximum atomic E-state index is 6.16. The topological polar surface area (TPSA) is 71.7 Å². The Labute approximate surface area is 129 Å². The summed E-state index contributed by atoms with van der Waals surface area (Å²) in [5.41, 5.74) is 3.42. The van der Waals surface area contributed by atoms with Gasteiger partial charge < -0.3 is 10.1 Å². The van der Waals surface area contributed by atoms with E-state index in [1.807, 2.05) is 19.9 Å². The van der Waals surface area contributed by atoms with Crippen molar-refractivity contribution in [2.75, 3.05) is 13.7 Å². The molecule has 0 spiro atoms. The van der Waals surface area contributed by atoms with Crippen LogP contribution in [-0.4, -0.2) is 25.7 Å². The van der Waals surface area contributed by atoms with Gasteiger partial charge in [-0.15, -0.1) is 0 Å². The highest BCUT2D eigenvalue weighted by Crippen LogP contribution is 2.28. The van der Waals surface area contributed by atoms with Gasteiger partial charge in [0.2, 0.25) is 5.96 Å². The number of guanidine groups is 1. The molecule has 0 bridgehead atoms. The van der Waals surface area contributed by atoms with Crippen molar-refractivity contribution in [3.8, 4) is 0 Å². The molecule has 2 unspecified atom stereocenters. The van der Waals surface area contributed by atoms with Crippen LogP contribution in [0, 0.1) is 0 Å². The quantitative estimate of drug-likeness (QED) is 0.337. The van der Waals surface area contributed by atoms with Crippen molar-refractivity contribution in [3.05, 3.63) is 33.8 Å². The molecule has 0 radical (unpaired) electrons. The van der Waals surface area contributed by atoms with Crippen molar-refractivity contribution >= 4 is 29.2 Å². The summed E-state index contributed by atoms with van der Waals surface area (Å²) in [6.45, 7) is 4.45. The van der Waals surface area contributed by atoms with Crippen LogP contribution in [0.4, 0.5) is 0 Å². The molecule has 7 heteroatoms. The Bertz CT molecular complexity index is 468. The Balaban J connectivity index is 2.83. The van der Waals surface area contributed by atoms with E-state index >= 15 is 0 Å². The van der Waals surface area contributed by atoms with Gasteiger partial charge >= 0.3 is 0 Å². The predicted octanol–water partition coefficient (Wildman–Crippen LogP) is 2.50. The summed E-state index contributed by atoms with van der Waals surface area (Å²) in [6.07, 6.45) is 0. The van der Waals surface area contributed by atoms with Gasteiger partial charge in [-0.05, 0) is 31.5 Å². The zero-order chi connectivity index (χ0) is 15.1. The minimum atomic E-state index is -0.159. The lowest BCUT2D eigenvalue weighted by molar-refractivity contribution is 0.179. The average Bonchev–Trinajstić information content (AvgIpc) is 2.37. The lowest BCUT2D eigenvalue weighted by Crippen LogP contribution is -2.47. The van der Waals surface area contributed by atoms with Crippen molar-refractivity contribution in [2.24, 2.45) is 10.8 Å². The summed E-state index contributed by atoms with van der Waals surface area (Å²) in [4.78, 5) is 4.46. The summed E-state index contributed by atoms with van der Waals surface area (Å²) >= 11 is 12.0. The summed E-state index contributed by atoms with van der Waals surface area (Å²) in [5, 5.41) is 4.29. The number of benzene rings is 1. The van der Waals surface area contributed by atoms with E-state index < -0.39 is 0 Å². The number of rotatable bonds is 5. The third kappa shape index (κ3) is 5.17. The molecule has 0 heterocycles. The van der Waals surface area contributed by atoms with E-state index in [1.54, 1.807) is 19.2 Å². The SMILES string of the molecule is COCC(C)NC(=NC(C)c1ccc(Cl)cc1Cl)NN. The van der Waals surface area contributed by atoms with Crippen LogP contribution in [0.15, 0.2) is 23.2 Å². The molecule has 2 atom stereocenters. The molecule has 0 aliphatic heterocycles. The van der Waals surface area contributed by atoms with Gasteiger partial charge in [-0.25, -0.2) is 10.8 Å². The van der Waals surface area contributed by atoms with Gasteiger partial charge in [-0.1, -0.05) is 29.3 Å². The number of hydrogen-bond acceptors (Lipinski definition) is 3. The minimum Gasteiger partial charge on any atom is -0.383 e. The smallest absolute Gasteiger partial charge is 0.206 e. The Hall–Kier alpha value is -1.01. The number of nitrogens with one attached hydrogen (secondary N) is 2. The van der Waals surface area contributed by atoms with Crippen molar-refractivity contribution in [3.63, 3.8) is 0 Å². The molecule has 5 nitrogen and oxygen atoms in total. The minimum absolute atomic E-state index is 0.0858. The molecule has 1 rings (SSSR count). The lowest BCUT2D eigenvalue weighted by Gasteiger charge is -2.18. The van der Waals surface area contributed by atoms with Crippen LogP contribution in [-0.2, 0) is 4.74 Å². The lowest BCUT2D eigenvalue weighted by atomic mass is 10.1. The first kappa shape index (κ1) is 17.0. The number of aliphatic imine (C=N–C) groups is 1. The number of hydrazine groups is 1. The van der Waals surface area contributed by atoms with Gasteiger partial charge in [0, 0.05) is 23.2 Å². The molecule has 4 N–H and O–H groups in total. The van der Waals surface area contributed by atoms with Gasteiger partial charge in [-0.3, -0.25) is 5.43 Å². The molecule has 0 saturated heterocycles. The first-order chi connectivity index (χ1) is 9.47. The second-order valence-electron chi connectivity index (χ2n) is 4.46. The fourth-order valence-electron chi connectivity index (χ4n) is 1.74. The second-order valence-corrected chi connectivity index (χ2v) is 5.31. The fourth-order valence-corrected chi connectivity index (χ4v) is 2.31. The van der Waals surface area contributed by atoms with Crippen LogP contribution < -0.4 is 16.6 Å². The third-order valence-electron chi connectivity index (χ3n) is 2.67. The van der Waals surface area contributed by atoms with Crippen molar-refractivity contribution < 1.29 is 4.74 Å². The first-order valence-corrected chi connectivity index (χ1v) is 6.98. The maximum absolute atomic E-state index is 6.16. The van der Waals surface area contributed by atoms with Crippen LogP contribution in [0.25, 0.3) is 0 Å². The molecular weight excluding hydrogens is 299 g/mol. The van der Waals surface area contributed by atoms with Crippen LogP contribution >= 0.6 is 23.2 Å². The molecular formula is C13H20Cl2N4O. The highest BCUT2D eigenvalue weighted by atomic mass is 35.5. The Morgan fingerprint density at radius 2 is 2.10 bits per heavy atom. The second kappa shape index (κ2) is 8.32. The summed E-state index contributed by atoms with van der Waals surface area (Å²) in [5.74, 6) is 5.95. The molecule has 0 aliphatic carbocycles. The Morgan fingerprint density at radius 1 is 1.40 bits per heavy atom. The van der Waals surface area contributed by atoms with Crippen molar-refractivity contribution in [1.82, 2.24) is 10.7 Å². The number of ether oxygens (including phenoxy) is 1. The number of methoxy groups -OCH3 is 1. The van der Waals surface area contributed by atoms with E-state index in [0.717, 1.165) is 5.56 Å². The molecule has 0 fully saturated rings. The maximum Gasteiger partial charge on any atom is 0.206 e. The third-order valence-corrected chi connectivity index (χ3v) is 3.23. The zero-order valence-corrected chi connectivity index (χ0v) is 13.3. The number of hydrogen-bond donors (Lipinski definition) is 3. The number of nitrogens with zero attached hydrogens (tertiary/aromatic N) is 1. The van der Waals surface area contributed by atoms with E-state index in [0.29, 0.717) is 22.6 Å². The normalized spacial score (nSPS) is 14.8. The Morgan fingerprint density at radius 3 is 2.65 bits per heavy atom. The molecule has 20 heavy (non-hydrogen) atoms. The molecule has 1 aromatic rings. The van der Waals surface area contributed by atoms with Crippen LogP contribution in [0.2, 0.25) is 10.0 Å². The average molecular weight is 319 g/mol. The zero-order valence-electron chi connectivity index (χ0n) is 11.8. The van der Waals surface area contributed by atoms with Gasteiger partial charge in [0.05, 0.1) is 12.6 Å². The van der Waals surface area contributed by atoms with Crippen LogP contribution in [0.3, 0.4) is 0 Å². The highest BCUT2D eigenvalue weighted by Gasteiger charge is 2.11. The monoisotopic (exact) mass is 318 g/mol. The van der Waals surface area contributed by atoms with Gasteiger partial charge in [0.15, 0.2) is 0 Å². The van der Waals surface area contributed by atoms with E-state index in [1.165, 1.54) is 0 Å². The standard InChI is InChI=1S/C13H20Cl2N4O/c1-8(7-20-3)17-13(19-16)18-9(2)11-5-4-10(14)6-12(11)15/h4-6,8-9H,7,16H2,1-3H3,(H2,17,18,19). The van der Waals surface area contributed by atoms with E-state index in [2.05, 4.69) is 15.7 Å². The summed E-state index contributed by atoms with van der Waals surface area (Å²) < 4.78 is 5.05. The van der Waals surface area contributed by atoms with E-state index in [9.17, 15) is 0 Å². The number of halogens is 2. The van der Waals surface area contributed by atoms with Crippen molar-refractivity contribution in [1.29, 1.82) is 0 Å². The highest BCUT2D eigenvalue weighted by molar-refractivity contribution is 6.35. The molecule has 0 aliphatic rings. The molecule has 0 saturated carbocycles. The van der Waals surface area contributed by atoms with Crippen LogP contribution in [0.5, 0.6) is 0 Å². The molecule has 0 aromatic heterocycles. The van der Waals surface area contributed by atoms with Crippen molar-refractivity contribution in [2.45, 2.75) is 25.9 Å². The van der Waals surface area contributed by atoms with Crippen LogP contribution in [0.1, 0.15) is 25.5 Å². The number of nitrogens with two attached hydrogens (primary N) is 1. The van der Waals surface area contributed by atoms with Gasteiger partial charge in [-0.2, -0.15) is 0 Å². The fraction of sp³-hybridized carbons (Fsp3) is 0.462. The summed E-state index contributed by atoms with van der Waals surface area (Å²) in [6, 6.07) is 5.26. The first-order valence-electron chi connectivity index (χ1n) is 6.22. The molecule has 112 valence electrons.